The van der Waals surface area contributed by atoms with Crippen molar-refractivity contribution in [2.75, 3.05) is 0 Å². The quantitative estimate of drug-likeness (QED) is 0.456. The molecule has 1 aromatic carbocycles. The first-order chi connectivity index (χ1) is 10.7. The molecular weight excluding hydrogens is 428 g/mol. The van der Waals surface area contributed by atoms with E-state index in [2.05, 4.69) is 34.2 Å². The molecule has 0 fully saturated rings. The number of aliphatic carboxylic acids is 1. The number of carbonyl (C=O) groups excluding carboxylic acids is 1. The van der Waals surface area contributed by atoms with Crippen molar-refractivity contribution in [3.63, 3.8) is 0 Å². The largest absolute Gasteiger partial charge is 3.00 e. The Labute approximate surface area is 176 Å². The van der Waals surface area contributed by atoms with Gasteiger partial charge in [-0.15, -0.1) is 0 Å². The Morgan fingerprint density at radius 3 is 1.91 bits per heavy atom. The summed E-state index contributed by atoms with van der Waals surface area (Å²) in [5.41, 5.74) is 1.95. The van der Waals surface area contributed by atoms with Crippen LogP contribution in [0.3, 0.4) is 0 Å². The molecule has 0 aliphatic carbocycles. The first-order valence-electron chi connectivity index (χ1n) is 7.50. The molecule has 0 atom stereocenters. The van der Waals surface area contributed by atoms with E-state index < -0.39 is 5.97 Å². The number of unbranched alkanes of at least 4 members (excludes halogenated alkanes) is 2. The molecule has 4 nitrogen and oxygen atoms in total. The van der Waals surface area contributed by atoms with Crippen LogP contribution in [0.1, 0.15) is 32.6 Å². The minimum absolute atomic E-state index is 0. The van der Waals surface area contributed by atoms with Gasteiger partial charge in [0.25, 0.3) is 0 Å². The number of benzene rings is 1. The fourth-order valence-corrected chi connectivity index (χ4v) is 2.20. The molecule has 2 heterocycles. The molecule has 0 unspecified atom stereocenters. The van der Waals surface area contributed by atoms with Gasteiger partial charge in [-0.3, -0.25) is 9.97 Å². The molecule has 0 saturated heterocycles. The van der Waals surface area contributed by atoms with Crippen LogP contribution in [-0.4, -0.2) is 15.9 Å². The van der Waals surface area contributed by atoms with Crippen molar-refractivity contribution in [3.8, 4) is 0 Å². The van der Waals surface area contributed by atoms with Crippen molar-refractivity contribution >= 4 is 27.8 Å². The van der Waals surface area contributed by atoms with Crippen molar-refractivity contribution in [2.45, 2.75) is 32.6 Å². The molecule has 5 heteroatoms. The molecule has 3 rings (SSSR count). The van der Waals surface area contributed by atoms with E-state index in [4.69, 9.17) is 0 Å². The third-order valence-corrected chi connectivity index (χ3v) is 3.33. The second-order valence-electron chi connectivity index (χ2n) is 5.04. The van der Waals surface area contributed by atoms with Gasteiger partial charge in [0.2, 0.25) is 0 Å². The number of carboxylic acids is 1. The van der Waals surface area contributed by atoms with E-state index in [1.54, 1.807) is 12.4 Å². The van der Waals surface area contributed by atoms with Crippen LogP contribution in [0.2, 0.25) is 0 Å². The van der Waals surface area contributed by atoms with Crippen molar-refractivity contribution < 1.29 is 59.3 Å². The standard InChI is InChI=1S/C12H8N2.C6H12O2.Eu/c1-3-9-5-6-10-4-2-8-14-12(10)11(9)13-7-1;1-2-3-4-5-6(7)8;/h1-8H;2-5H2,1H3,(H,7,8);/q;;+3/p-1. The van der Waals surface area contributed by atoms with Gasteiger partial charge in [0, 0.05) is 29.1 Å². The first-order valence-corrected chi connectivity index (χ1v) is 7.50. The first kappa shape index (κ1) is 20.1. The monoisotopic (exact) mass is 448 g/mol. The molecule has 0 bridgehead atoms. The summed E-state index contributed by atoms with van der Waals surface area (Å²) < 4.78 is 0. The summed E-state index contributed by atoms with van der Waals surface area (Å²) in [6.07, 6.45) is 6.64. The average Bonchev–Trinajstić information content (AvgIpc) is 2.55. The van der Waals surface area contributed by atoms with Crippen LogP contribution >= 0.6 is 0 Å². The zero-order valence-corrected chi connectivity index (χ0v) is 15.5. The number of nitrogens with zero attached hydrogens (tertiary/aromatic N) is 2. The Morgan fingerprint density at radius 2 is 1.48 bits per heavy atom. The van der Waals surface area contributed by atoms with Gasteiger partial charge >= 0.3 is 49.4 Å². The van der Waals surface area contributed by atoms with E-state index >= 15 is 0 Å². The van der Waals surface area contributed by atoms with E-state index in [9.17, 15) is 9.90 Å². The minimum Gasteiger partial charge on any atom is -0.550 e. The predicted octanol–water partition coefficient (Wildman–Crippen LogP) is 3.10. The Morgan fingerprint density at radius 1 is 0.957 bits per heavy atom. The predicted molar refractivity (Wildman–Crippen MR) is 86.2 cm³/mol. The smallest absolute Gasteiger partial charge is 0.550 e. The Kier molecular flexibility index (Phi) is 9.45. The second kappa shape index (κ2) is 10.8. The Balaban J connectivity index is 0.000000258. The molecule has 0 amide bonds. The summed E-state index contributed by atoms with van der Waals surface area (Å²) in [4.78, 5) is 18.5. The second-order valence-corrected chi connectivity index (χ2v) is 5.04. The number of carboxylic acid groups (broad SMARTS) is 1. The minimum atomic E-state index is -0.932. The van der Waals surface area contributed by atoms with Crippen molar-refractivity contribution in [3.05, 3.63) is 48.8 Å². The van der Waals surface area contributed by atoms with Gasteiger partial charge < -0.3 is 9.90 Å². The van der Waals surface area contributed by atoms with Gasteiger partial charge in [-0.25, -0.2) is 0 Å². The molecule has 0 N–H and O–H groups in total. The van der Waals surface area contributed by atoms with E-state index in [0.717, 1.165) is 41.1 Å². The van der Waals surface area contributed by atoms with Crippen molar-refractivity contribution in [2.24, 2.45) is 0 Å². The maximum atomic E-state index is 9.76. The van der Waals surface area contributed by atoms with Crippen LogP contribution in [0, 0.1) is 49.4 Å². The molecule has 23 heavy (non-hydrogen) atoms. The zero-order valence-electron chi connectivity index (χ0n) is 13.0. The molecule has 0 saturated carbocycles. The summed E-state index contributed by atoms with van der Waals surface area (Å²) in [6.45, 7) is 2.04. The Hall–Kier alpha value is -0.906. The van der Waals surface area contributed by atoms with Gasteiger partial charge in [-0.2, -0.15) is 0 Å². The number of aromatic nitrogens is 2. The molecular formula is C18H19EuN2O2+2. The maximum absolute atomic E-state index is 9.76. The third kappa shape index (κ3) is 6.24. The van der Waals surface area contributed by atoms with Gasteiger partial charge in [0.15, 0.2) is 0 Å². The van der Waals surface area contributed by atoms with Crippen LogP contribution in [0.15, 0.2) is 48.8 Å². The number of hydrogen-bond donors (Lipinski definition) is 0. The topological polar surface area (TPSA) is 65.9 Å². The van der Waals surface area contributed by atoms with Crippen LogP contribution in [0.4, 0.5) is 0 Å². The van der Waals surface area contributed by atoms with E-state index in [0.29, 0.717) is 0 Å². The van der Waals surface area contributed by atoms with Crippen LogP contribution in [0.25, 0.3) is 21.8 Å². The summed E-state index contributed by atoms with van der Waals surface area (Å²) in [5, 5.41) is 12.0. The van der Waals surface area contributed by atoms with Crippen molar-refractivity contribution in [1.29, 1.82) is 0 Å². The van der Waals surface area contributed by atoms with Crippen LogP contribution in [0.5, 0.6) is 0 Å². The van der Waals surface area contributed by atoms with Gasteiger partial charge in [-0.1, -0.05) is 44.0 Å². The van der Waals surface area contributed by atoms with Gasteiger partial charge in [0.05, 0.1) is 11.0 Å². The molecule has 118 valence electrons. The molecule has 0 aliphatic heterocycles. The van der Waals surface area contributed by atoms with Gasteiger partial charge in [0.1, 0.15) is 0 Å². The number of pyridine rings is 2. The fraction of sp³-hybridized carbons (Fsp3) is 0.278. The molecule has 0 aliphatic rings. The van der Waals surface area contributed by atoms with E-state index in [-0.39, 0.29) is 55.8 Å². The summed E-state index contributed by atoms with van der Waals surface area (Å²) in [5.74, 6) is -0.932. The maximum Gasteiger partial charge on any atom is 3.00 e. The molecule has 0 spiro atoms. The average molecular weight is 447 g/mol. The van der Waals surface area contributed by atoms with Crippen LogP contribution < -0.4 is 5.11 Å². The van der Waals surface area contributed by atoms with E-state index in [1.807, 2.05) is 19.1 Å². The summed E-state index contributed by atoms with van der Waals surface area (Å²) in [6, 6.07) is 12.1. The number of carbonyl (C=O) groups is 1. The SMILES string of the molecule is CCCCCC(=O)[O-].[Eu+3].c1cnc2c(c1)ccc1cccnc12. The zero-order chi connectivity index (χ0) is 15.8. The molecule has 0 radical (unpaired) electrons. The number of hydrogen-bond acceptors (Lipinski definition) is 4. The van der Waals surface area contributed by atoms with Crippen molar-refractivity contribution in [1.82, 2.24) is 9.97 Å². The third-order valence-electron chi connectivity index (χ3n) is 3.33. The molecule has 3 aromatic rings. The number of fused-ring (bicyclic) bond motifs is 3. The molecule has 2 aromatic heterocycles. The normalized spacial score (nSPS) is 9.78. The summed E-state index contributed by atoms with van der Waals surface area (Å²) in [7, 11) is 0. The number of rotatable bonds is 4. The van der Waals surface area contributed by atoms with Crippen LogP contribution in [-0.2, 0) is 4.79 Å². The Bertz CT molecular complexity index is 707. The fourth-order valence-electron chi connectivity index (χ4n) is 2.20. The van der Waals surface area contributed by atoms with Gasteiger partial charge in [-0.05, 0) is 25.0 Å². The van der Waals surface area contributed by atoms with E-state index in [1.165, 1.54) is 0 Å². The summed E-state index contributed by atoms with van der Waals surface area (Å²) >= 11 is 0.